The smallest absolute Gasteiger partial charge is 0.324 e. The van der Waals surface area contributed by atoms with Gasteiger partial charge in [-0.15, -0.1) is 0 Å². The second-order valence-corrected chi connectivity index (χ2v) is 4.36. The summed E-state index contributed by atoms with van der Waals surface area (Å²) in [7, 11) is 2.46. The Morgan fingerprint density at radius 2 is 1.58 bits per heavy atom. The molecule has 1 rings (SSSR count). The van der Waals surface area contributed by atoms with Gasteiger partial charge in [0.25, 0.3) is 0 Å². The quantitative estimate of drug-likeness (QED) is 0.629. The van der Waals surface area contributed by atoms with Crippen LogP contribution in [0.4, 0.5) is 0 Å². The lowest BCUT2D eigenvalue weighted by Crippen LogP contribution is -2.27. The molecule has 0 amide bonds. The van der Waals surface area contributed by atoms with Crippen LogP contribution in [0.25, 0.3) is 6.08 Å². The lowest BCUT2D eigenvalue weighted by Gasteiger charge is -2.13. The maximum Gasteiger partial charge on any atom is 0.324 e. The molecule has 4 nitrogen and oxygen atoms in total. The highest BCUT2D eigenvalue weighted by molar-refractivity contribution is 6.30. The molecule has 0 aliphatic carbocycles. The van der Waals surface area contributed by atoms with Crippen LogP contribution in [-0.2, 0) is 19.1 Å². The summed E-state index contributed by atoms with van der Waals surface area (Å²) >= 11 is 5.79. The van der Waals surface area contributed by atoms with Crippen molar-refractivity contribution in [2.75, 3.05) is 14.2 Å². The fourth-order valence-electron chi connectivity index (χ4n) is 1.61. The molecule has 19 heavy (non-hydrogen) atoms. The molecule has 1 aromatic carbocycles. The molecule has 0 atom stereocenters. The summed E-state index contributed by atoms with van der Waals surface area (Å²) in [4.78, 5) is 23.2. The van der Waals surface area contributed by atoms with E-state index >= 15 is 0 Å². The van der Waals surface area contributed by atoms with Crippen LogP contribution in [-0.4, -0.2) is 26.2 Å². The van der Waals surface area contributed by atoms with Gasteiger partial charge in [0.1, 0.15) is 0 Å². The summed E-state index contributed by atoms with van der Waals surface area (Å²) in [6.07, 6.45) is 1.72. The van der Waals surface area contributed by atoms with Crippen molar-refractivity contribution in [2.45, 2.75) is 6.92 Å². The topological polar surface area (TPSA) is 52.6 Å². The van der Waals surface area contributed by atoms with Crippen molar-refractivity contribution in [3.8, 4) is 0 Å². The van der Waals surface area contributed by atoms with Crippen LogP contribution in [0.3, 0.4) is 0 Å². The molecule has 1 aromatic rings. The van der Waals surface area contributed by atoms with Gasteiger partial charge >= 0.3 is 11.9 Å². The zero-order valence-electron chi connectivity index (χ0n) is 11.0. The van der Waals surface area contributed by atoms with Crippen molar-refractivity contribution in [1.29, 1.82) is 0 Å². The highest BCUT2D eigenvalue weighted by Crippen LogP contribution is 2.19. The minimum Gasteiger partial charge on any atom is -0.468 e. The lowest BCUT2D eigenvalue weighted by atomic mass is 9.98. The normalized spacial score (nSPS) is 11.3. The third kappa shape index (κ3) is 4.10. The van der Waals surface area contributed by atoms with Crippen LogP contribution in [0.5, 0.6) is 0 Å². The van der Waals surface area contributed by atoms with Crippen molar-refractivity contribution >= 4 is 29.6 Å². The highest BCUT2D eigenvalue weighted by atomic mass is 35.5. The molecule has 0 unspecified atom stereocenters. The van der Waals surface area contributed by atoms with E-state index in [0.29, 0.717) is 10.6 Å². The highest BCUT2D eigenvalue weighted by Gasteiger charge is 2.30. The first-order valence-electron chi connectivity index (χ1n) is 5.59. The van der Waals surface area contributed by atoms with Crippen molar-refractivity contribution in [3.05, 3.63) is 40.4 Å². The Kier molecular flexibility index (Phi) is 5.57. The van der Waals surface area contributed by atoms with Gasteiger partial charge in [0.2, 0.25) is 0 Å². The first-order valence-corrected chi connectivity index (χ1v) is 5.96. The molecular formula is C14H15ClO4. The molecule has 0 aromatic heterocycles. The molecule has 0 radical (unpaired) electrons. The van der Waals surface area contributed by atoms with Crippen LogP contribution < -0.4 is 0 Å². The van der Waals surface area contributed by atoms with Crippen LogP contribution in [0.2, 0.25) is 5.02 Å². The maximum absolute atomic E-state index is 11.6. The van der Waals surface area contributed by atoms with Crippen molar-refractivity contribution in [1.82, 2.24) is 0 Å². The molecule has 0 heterocycles. The van der Waals surface area contributed by atoms with Crippen LogP contribution in [0.1, 0.15) is 12.5 Å². The number of rotatable bonds is 4. The Hall–Kier alpha value is -1.81. The van der Waals surface area contributed by atoms with Gasteiger partial charge in [-0.25, -0.2) is 0 Å². The predicted octanol–water partition coefficient (Wildman–Crippen LogP) is 2.71. The number of hydrogen-bond acceptors (Lipinski definition) is 4. The van der Waals surface area contributed by atoms with Gasteiger partial charge in [-0.2, -0.15) is 0 Å². The van der Waals surface area contributed by atoms with Gasteiger partial charge in [0.15, 0.2) is 5.92 Å². The Morgan fingerprint density at radius 3 is 2.00 bits per heavy atom. The summed E-state index contributed by atoms with van der Waals surface area (Å²) < 4.78 is 9.22. The van der Waals surface area contributed by atoms with Gasteiger partial charge in [-0.1, -0.05) is 29.8 Å². The maximum atomic E-state index is 11.6. The van der Waals surface area contributed by atoms with Crippen LogP contribution in [0.15, 0.2) is 29.8 Å². The zero-order chi connectivity index (χ0) is 14.4. The molecule has 0 N–H and O–H groups in total. The van der Waals surface area contributed by atoms with Crippen molar-refractivity contribution < 1.29 is 19.1 Å². The van der Waals surface area contributed by atoms with E-state index in [1.165, 1.54) is 14.2 Å². The summed E-state index contributed by atoms with van der Waals surface area (Å²) in [5, 5.41) is 0.618. The zero-order valence-corrected chi connectivity index (χ0v) is 11.7. The number of hydrogen-bond donors (Lipinski definition) is 0. The number of carbonyl (C=O) groups excluding carboxylic acids is 2. The number of ether oxygens (including phenoxy) is 2. The lowest BCUT2D eigenvalue weighted by molar-refractivity contribution is -0.156. The average Bonchev–Trinajstić information content (AvgIpc) is 2.41. The largest absolute Gasteiger partial charge is 0.468 e. The summed E-state index contributed by atoms with van der Waals surface area (Å²) in [6, 6.07) is 7.03. The monoisotopic (exact) mass is 282 g/mol. The molecular weight excluding hydrogens is 268 g/mol. The van der Waals surface area contributed by atoms with Gasteiger partial charge in [0.05, 0.1) is 14.2 Å². The molecule has 0 aliphatic heterocycles. The van der Waals surface area contributed by atoms with Crippen LogP contribution >= 0.6 is 11.6 Å². The van der Waals surface area contributed by atoms with E-state index in [1.54, 1.807) is 37.3 Å². The second-order valence-electron chi connectivity index (χ2n) is 3.92. The summed E-state index contributed by atoms with van der Waals surface area (Å²) in [6.45, 7) is 1.67. The Bertz CT molecular complexity index is 475. The Balaban J connectivity index is 3.05. The number of halogens is 1. The summed E-state index contributed by atoms with van der Waals surface area (Å²) in [5.74, 6) is -2.34. The van der Waals surface area contributed by atoms with E-state index in [-0.39, 0.29) is 0 Å². The number of carbonyl (C=O) groups is 2. The number of esters is 2. The third-order valence-corrected chi connectivity index (χ3v) is 2.85. The van der Waals surface area contributed by atoms with Gasteiger partial charge < -0.3 is 9.47 Å². The molecule has 5 heteroatoms. The standard InChI is InChI=1S/C14H15ClO4/c1-9(8-10-4-6-11(15)7-5-10)12(13(16)18-2)14(17)19-3/h4-8,12H,1-3H3/b9-8-. The predicted molar refractivity (Wildman–Crippen MR) is 72.6 cm³/mol. The Labute approximate surface area is 117 Å². The minimum absolute atomic E-state index is 0.543. The van der Waals surface area contributed by atoms with Crippen LogP contribution in [0, 0.1) is 5.92 Å². The van der Waals surface area contributed by atoms with E-state index in [2.05, 4.69) is 9.47 Å². The Morgan fingerprint density at radius 1 is 1.11 bits per heavy atom. The van der Waals surface area contributed by atoms with Gasteiger partial charge in [-0.3, -0.25) is 9.59 Å². The first kappa shape index (κ1) is 15.2. The molecule has 0 aliphatic rings. The summed E-state index contributed by atoms with van der Waals surface area (Å²) in [5.41, 5.74) is 1.38. The van der Waals surface area contributed by atoms with Gasteiger partial charge in [0, 0.05) is 5.02 Å². The molecule has 0 bridgehead atoms. The SMILES string of the molecule is COC(=O)C(C(=O)OC)/C(C)=C\c1ccc(Cl)cc1. The van der Waals surface area contributed by atoms with E-state index in [9.17, 15) is 9.59 Å². The van der Waals surface area contributed by atoms with Crippen molar-refractivity contribution in [2.24, 2.45) is 5.92 Å². The number of methoxy groups -OCH3 is 2. The van der Waals surface area contributed by atoms with E-state index in [1.807, 2.05) is 0 Å². The first-order chi connectivity index (χ1) is 8.99. The number of benzene rings is 1. The minimum atomic E-state index is -1.05. The second kappa shape index (κ2) is 6.95. The molecule has 0 saturated heterocycles. The van der Waals surface area contributed by atoms with E-state index in [0.717, 1.165) is 5.56 Å². The van der Waals surface area contributed by atoms with E-state index in [4.69, 9.17) is 11.6 Å². The van der Waals surface area contributed by atoms with Gasteiger partial charge in [-0.05, 0) is 30.2 Å². The van der Waals surface area contributed by atoms with Crippen molar-refractivity contribution in [3.63, 3.8) is 0 Å². The molecule has 102 valence electrons. The third-order valence-electron chi connectivity index (χ3n) is 2.59. The molecule has 0 fully saturated rings. The van der Waals surface area contributed by atoms with E-state index < -0.39 is 17.9 Å². The molecule has 0 saturated carbocycles. The molecule has 0 spiro atoms. The fourth-order valence-corrected chi connectivity index (χ4v) is 1.73. The fraction of sp³-hybridized carbons (Fsp3) is 0.286. The average molecular weight is 283 g/mol.